The Balaban J connectivity index is 1.30. The van der Waals surface area contributed by atoms with E-state index in [2.05, 4.69) is 0 Å². The summed E-state index contributed by atoms with van der Waals surface area (Å²) in [6.07, 6.45) is 14.7. The first-order chi connectivity index (χ1) is 14.5. The summed E-state index contributed by atoms with van der Waals surface area (Å²) in [5, 5.41) is 5.11. The van der Waals surface area contributed by atoms with Crippen LogP contribution in [-0.2, 0) is 24.1 Å². The number of nitrogens with two attached hydrogens (primary N) is 1. The van der Waals surface area contributed by atoms with Gasteiger partial charge in [0.25, 0.3) is 0 Å². The minimum absolute atomic E-state index is 0.0580. The van der Waals surface area contributed by atoms with Gasteiger partial charge in [0.15, 0.2) is 0 Å². The van der Waals surface area contributed by atoms with E-state index in [0.29, 0.717) is 13.1 Å². The molecule has 1 atom stereocenters. The molecule has 0 heterocycles. The summed E-state index contributed by atoms with van der Waals surface area (Å²) in [5.74, 6) is 4.46. The van der Waals surface area contributed by atoms with Crippen molar-refractivity contribution in [2.24, 2.45) is 51.5 Å². The van der Waals surface area contributed by atoms with Crippen molar-refractivity contribution in [1.29, 1.82) is 4.78 Å². The quantitative estimate of drug-likeness (QED) is 0.587. The average molecular weight is 472 g/mol. The second kappa shape index (κ2) is 6.90. The molecule has 0 saturated heterocycles. The van der Waals surface area contributed by atoms with Gasteiger partial charge >= 0.3 is 10.3 Å². The normalized spacial score (nSPS) is 49.6. The Hall–Kier alpha value is -0.220. The van der Waals surface area contributed by atoms with Crippen LogP contribution in [0.15, 0.2) is 0 Å². The molecule has 0 aromatic heterocycles. The summed E-state index contributed by atoms with van der Waals surface area (Å²) in [4.78, 5) is 0. The first-order valence-corrected chi connectivity index (χ1v) is 15.2. The molecular weight excluding hydrogens is 434 g/mol. The zero-order valence-corrected chi connectivity index (χ0v) is 20.0. The minimum atomic E-state index is -4.46. The molecule has 3 N–H and O–H groups in total. The summed E-state index contributed by atoms with van der Waals surface area (Å²) in [6, 6.07) is 0. The van der Waals surface area contributed by atoms with E-state index in [4.69, 9.17) is 13.5 Å². The van der Waals surface area contributed by atoms with Crippen molar-refractivity contribution in [2.45, 2.75) is 77.0 Å². The molecule has 0 aromatic rings. The van der Waals surface area contributed by atoms with Gasteiger partial charge in [0.1, 0.15) is 0 Å². The van der Waals surface area contributed by atoms with Gasteiger partial charge in [-0.3, -0.25) is 0 Å². The van der Waals surface area contributed by atoms with Crippen molar-refractivity contribution in [1.82, 2.24) is 4.31 Å². The molecule has 0 radical (unpaired) electrons. The molecule has 0 aliphatic heterocycles. The highest BCUT2D eigenvalue weighted by Crippen LogP contribution is 2.62. The van der Waals surface area contributed by atoms with Crippen LogP contribution in [-0.4, -0.2) is 30.0 Å². The molecule has 0 amide bonds. The van der Waals surface area contributed by atoms with Crippen LogP contribution in [0.4, 0.5) is 0 Å². The highest BCUT2D eigenvalue weighted by molar-refractivity contribution is 7.98. The van der Waals surface area contributed by atoms with Gasteiger partial charge in [0.05, 0.1) is 0 Å². The molecule has 176 valence electrons. The van der Waals surface area contributed by atoms with Crippen molar-refractivity contribution >= 4 is 20.5 Å². The van der Waals surface area contributed by atoms with Gasteiger partial charge in [0, 0.05) is 13.1 Å². The Morgan fingerprint density at radius 3 is 1.26 bits per heavy atom. The molecular formula is C22H37N3O4S2. The van der Waals surface area contributed by atoms with E-state index in [1.807, 2.05) is 0 Å². The zero-order valence-electron chi connectivity index (χ0n) is 18.3. The number of nitrogens with one attached hydrogen (secondary N) is 1. The number of rotatable bonds is 7. The lowest BCUT2D eigenvalue weighted by Crippen LogP contribution is -2.56. The maximum absolute atomic E-state index is 13.5. The molecule has 8 aliphatic rings. The second-order valence-corrected chi connectivity index (χ2v) is 15.7. The van der Waals surface area contributed by atoms with Crippen LogP contribution in [0.3, 0.4) is 0 Å². The van der Waals surface area contributed by atoms with Crippen molar-refractivity contribution in [2.75, 3.05) is 13.1 Å². The Kier molecular flexibility index (Phi) is 4.75. The average Bonchev–Trinajstić information content (AvgIpc) is 2.56. The molecule has 8 bridgehead atoms. The van der Waals surface area contributed by atoms with Crippen LogP contribution in [0.25, 0.3) is 0 Å². The molecule has 8 fully saturated rings. The third kappa shape index (κ3) is 4.00. The van der Waals surface area contributed by atoms with Gasteiger partial charge in [-0.05, 0) is 123 Å². The van der Waals surface area contributed by atoms with Crippen LogP contribution < -0.4 is 5.14 Å². The molecule has 1 unspecified atom stereocenters. The number of hydrogen-bond donors (Lipinski definition) is 2. The Labute approximate surface area is 187 Å². The lowest BCUT2D eigenvalue weighted by molar-refractivity contribution is -0.0826. The highest BCUT2D eigenvalue weighted by Gasteiger charge is 2.55. The smallest absolute Gasteiger partial charge is 0.216 e. The summed E-state index contributed by atoms with van der Waals surface area (Å²) in [6.45, 7) is 1.05. The topological polar surface area (TPSA) is 114 Å². The fraction of sp³-hybridized carbons (Fsp3) is 1.00. The van der Waals surface area contributed by atoms with E-state index < -0.39 is 20.5 Å². The standard InChI is InChI=1S/C22H37N3O4S2/c23-30(26,29-31(24,27)28)25(13-21-7-15-1-16(8-21)3-17(2-15)9-21)14-22-10-18-4-19(11-22)6-20(5-18)12-22/h15-20,23H,1-14H2,(H2,24,27,28). The molecule has 31 heavy (non-hydrogen) atoms. The van der Waals surface area contributed by atoms with Gasteiger partial charge in [-0.15, -0.1) is 3.63 Å². The molecule has 8 saturated carbocycles. The van der Waals surface area contributed by atoms with Crippen molar-refractivity contribution < 1.29 is 16.3 Å². The number of nitrogens with zero attached hydrogens (tertiary/aromatic N) is 1. The largest absolute Gasteiger partial charge is 0.347 e. The maximum atomic E-state index is 13.5. The maximum Gasteiger partial charge on any atom is 0.347 e. The summed E-state index contributed by atoms with van der Waals surface area (Å²) >= 11 is 0. The molecule has 9 heteroatoms. The Morgan fingerprint density at radius 1 is 0.710 bits per heavy atom. The second-order valence-electron chi connectivity index (χ2n) is 12.7. The van der Waals surface area contributed by atoms with Gasteiger partial charge in [-0.25, -0.2) is 14.1 Å². The predicted molar refractivity (Wildman–Crippen MR) is 118 cm³/mol. The molecule has 7 nitrogen and oxygen atoms in total. The third-order valence-electron chi connectivity index (χ3n) is 9.88. The van der Waals surface area contributed by atoms with E-state index in [1.54, 1.807) is 4.31 Å². The summed E-state index contributed by atoms with van der Waals surface area (Å²) < 4.78 is 51.8. The fourth-order valence-electron chi connectivity index (χ4n) is 10.1. The number of hydrogen-bond acceptors (Lipinski definition) is 5. The first-order valence-electron chi connectivity index (χ1n) is 12.3. The molecule has 0 aromatic carbocycles. The SMILES string of the molecule is N=S(=O)(OS(N)(=O)=O)N(CC12CC3CC(CC(C3)C1)C2)CC12CC3CC(CC(C3)C1)C2. The van der Waals surface area contributed by atoms with Gasteiger partial charge in [-0.2, -0.15) is 12.7 Å². The fourth-order valence-corrected chi connectivity index (χ4v) is 12.4. The molecule has 8 rings (SSSR count). The summed E-state index contributed by atoms with van der Waals surface area (Å²) in [5.41, 5.74) is 0.116. The highest BCUT2D eigenvalue weighted by atomic mass is 32.3. The monoisotopic (exact) mass is 471 g/mol. The Morgan fingerprint density at radius 2 is 1.00 bits per heavy atom. The van der Waals surface area contributed by atoms with Crippen molar-refractivity contribution in [3.05, 3.63) is 0 Å². The van der Waals surface area contributed by atoms with E-state index in [9.17, 15) is 12.6 Å². The van der Waals surface area contributed by atoms with E-state index >= 15 is 0 Å². The van der Waals surface area contributed by atoms with Gasteiger partial charge < -0.3 is 0 Å². The zero-order chi connectivity index (χ0) is 21.6. The third-order valence-corrected chi connectivity index (χ3v) is 12.3. The van der Waals surface area contributed by atoms with E-state index in [0.717, 1.165) is 74.0 Å². The first kappa shape index (κ1) is 21.3. The van der Waals surface area contributed by atoms with Crippen LogP contribution in [0.2, 0.25) is 0 Å². The van der Waals surface area contributed by atoms with Crippen LogP contribution in [0.1, 0.15) is 77.0 Å². The van der Waals surface area contributed by atoms with Crippen molar-refractivity contribution in [3.8, 4) is 0 Å². The van der Waals surface area contributed by atoms with Crippen LogP contribution >= 0.6 is 0 Å². The van der Waals surface area contributed by atoms with Gasteiger partial charge in [0.2, 0.25) is 10.2 Å². The molecule has 0 spiro atoms. The van der Waals surface area contributed by atoms with E-state index in [-0.39, 0.29) is 10.8 Å². The lowest BCUT2D eigenvalue weighted by Gasteiger charge is -2.60. The lowest BCUT2D eigenvalue weighted by atomic mass is 9.49. The summed E-state index contributed by atoms with van der Waals surface area (Å²) in [7, 11) is -8.41. The Bertz CT molecular complexity index is 845. The molecule has 8 aliphatic carbocycles. The van der Waals surface area contributed by atoms with Crippen LogP contribution in [0.5, 0.6) is 0 Å². The van der Waals surface area contributed by atoms with Gasteiger partial charge in [-0.1, -0.05) is 0 Å². The predicted octanol–water partition coefficient (Wildman–Crippen LogP) is 3.82. The minimum Gasteiger partial charge on any atom is -0.216 e. The van der Waals surface area contributed by atoms with E-state index in [1.165, 1.54) is 38.5 Å². The van der Waals surface area contributed by atoms with Crippen molar-refractivity contribution in [3.63, 3.8) is 0 Å². The van der Waals surface area contributed by atoms with Crippen LogP contribution in [0, 0.1) is 51.1 Å².